The molecule has 1 radical (unpaired) electrons. The van der Waals surface area contributed by atoms with Crippen molar-refractivity contribution in [2.45, 2.75) is 12.7 Å². The van der Waals surface area contributed by atoms with Crippen LogP contribution in [0.4, 0.5) is 4.39 Å². The molecule has 1 atom stereocenters. The summed E-state index contributed by atoms with van der Waals surface area (Å²) in [5, 5.41) is 0. The minimum atomic E-state index is -0.884. The Morgan fingerprint density at radius 3 is 3.00 bits per heavy atom. The fourth-order valence-electron chi connectivity index (χ4n) is 0.843. The SMILES string of the molecule is CC[S+]([O-])Cc1[c]ccc(F)c1. The molecule has 0 heterocycles. The van der Waals surface area contributed by atoms with Gasteiger partial charge in [-0.25, -0.2) is 4.39 Å². The lowest BCUT2D eigenvalue weighted by atomic mass is 10.2. The van der Waals surface area contributed by atoms with Crippen molar-refractivity contribution in [3.8, 4) is 0 Å². The van der Waals surface area contributed by atoms with E-state index in [0.29, 0.717) is 17.1 Å². The second-order valence-electron chi connectivity index (χ2n) is 2.40. The van der Waals surface area contributed by atoms with Gasteiger partial charge in [0, 0.05) is 5.56 Å². The lowest BCUT2D eigenvalue weighted by molar-refractivity contribution is 0.594. The molecule has 0 aliphatic carbocycles. The van der Waals surface area contributed by atoms with Gasteiger partial charge in [0.2, 0.25) is 0 Å². The van der Waals surface area contributed by atoms with E-state index in [1.165, 1.54) is 18.2 Å². The molecule has 0 bridgehead atoms. The Kier molecular flexibility index (Phi) is 3.56. The summed E-state index contributed by atoms with van der Waals surface area (Å²) in [4.78, 5) is 0. The summed E-state index contributed by atoms with van der Waals surface area (Å²) in [6.07, 6.45) is 0. The topological polar surface area (TPSA) is 23.1 Å². The van der Waals surface area contributed by atoms with Crippen molar-refractivity contribution in [1.29, 1.82) is 0 Å². The van der Waals surface area contributed by atoms with E-state index in [1.807, 2.05) is 6.92 Å². The van der Waals surface area contributed by atoms with Gasteiger partial charge in [-0.05, 0) is 36.3 Å². The van der Waals surface area contributed by atoms with Crippen molar-refractivity contribution in [1.82, 2.24) is 0 Å². The summed E-state index contributed by atoms with van der Waals surface area (Å²) in [7, 11) is 0. The summed E-state index contributed by atoms with van der Waals surface area (Å²) in [5.74, 6) is 0.704. The first kappa shape index (κ1) is 9.55. The molecule has 1 unspecified atom stereocenters. The first-order valence-electron chi connectivity index (χ1n) is 3.73. The van der Waals surface area contributed by atoms with Crippen molar-refractivity contribution in [2.75, 3.05) is 5.75 Å². The van der Waals surface area contributed by atoms with E-state index in [2.05, 4.69) is 6.07 Å². The Morgan fingerprint density at radius 1 is 1.67 bits per heavy atom. The van der Waals surface area contributed by atoms with Gasteiger partial charge < -0.3 is 4.55 Å². The molecule has 3 heteroatoms. The molecular formula is C9H10FOS. The van der Waals surface area contributed by atoms with Crippen LogP contribution in [0.2, 0.25) is 0 Å². The zero-order valence-corrected chi connectivity index (χ0v) is 7.66. The monoisotopic (exact) mass is 185 g/mol. The third-order valence-electron chi connectivity index (χ3n) is 1.46. The molecule has 1 nitrogen and oxygen atoms in total. The van der Waals surface area contributed by atoms with Gasteiger partial charge in [-0.15, -0.1) is 0 Å². The van der Waals surface area contributed by atoms with Gasteiger partial charge in [-0.2, -0.15) is 0 Å². The Labute approximate surface area is 74.8 Å². The van der Waals surface area contributed by atoms with Gasteiger partial charge in [0.1, 0.15) is 17.3 Å². The quantitative estimate of drug-likeness (QED) is 0.659. The molecule has 12 heavy (non-hydrogen) atoms. The van der Waals surface area contributed by atoms with Crippen LogP contribution < -0.4 is 0 Å². The fourth-order valence-corrected chi connectivity index (χ4v) is 1.56. The Morgan fingerprint density at radius 2 is 2.42 bits per heavy atom. The molecule has 0 aliphatic rings. The predicted molar refractivity (Wildman–Crippen MR) is 47.6 cm³/mol. The van der Waals surface area contributed by atoms with Crippen molar-refractivity contribution in [2.24, 2.45) is 0 Å². The third kappa shape index (κ3) is 2.83. The van der Waals surface area contributed by atoms with Gasteiger partial charge in [0.05, 0.1) is 0 Å². The van der Waals surface area contributed by atoms with Crippen molar-refractivity contribution >= 4 is 11.2 Å². The number of benzene rings is 1. The third-order valence-corrected chi connectivity index (χ3v) is 2.74. The normalized spacial score (nSPS) is 12.9. The van der Waals surface area contributed by atoms with Gasteiger partial charge >= 0.3 is 0 Å². The van der Waals surface area contributed by atoms with E-state index >= 15 is 0 Å². The van der Waals surface area contributed by atoms with Crippen LogP contribution >= 0.6 is 0 Å². The molecule has 0 spiro atoms. The minimum absolute atomic E-state index is 0.295. The van der Waals surface area contributed by atoms with Crippen LogP contribution in [0, 0.1) is 11.9 Å². The molecule has 0 aliphatic heterocycles. The summed E-state index contributed by atoms with van der Waals surface area (Å²) in [6, 6.07) is 7.05. The second kappa shape index (κ2) is 4.48. The van der Waals surface area contributed by atoms with Crippen molar-refractivity contribution in [3.05, 3.63) is 35.6 Å². The maximum atomic E-state index is 12.6. The van der Waals surface area contributed by atoms with Crippen LogP contribution in [-0.4, -0.2) is 10.3 Å². The molecule has 0 saturated carbocycles. The molecule has 0 saturated heterocycles. The lowest BCUT2D eigenvalue weighted by Gasteiger charge is -2.07. The van der Waals surface area contributed by atoms with Gasteiger partial charge in [-0.1, -0.05) is 6.07 Å². The van der Waals surface area contributed by atoms with E-state index in [1.54, 1.807) is 0 Å². The average Bonchev–Trinajstić information content (AvgIpc) is 2.04. The average molecular weight is 185 g/mol. The van der Waals surface area contributed by atoms with Crippen LogP contribution in [0.5, 0.6) is 0 Å². The molecule has 0 amide bonds. The highest BCUT2D eigenvalue weighted by Crippen LogP contribution is 2.07. The molecule has 1 aromatic carbocycles. The number of hydrogen-bond acceptors (Lipinski definition) is 1. The highest BCUT2D eigenvalue weighted by Gasteiger charge is 2.04. The summed E-state index contributed by atoms with van der Waals surface area (Å²) < 4.78 is 23.7. The predicted octanol–water partition coefficient (Wildman–Crippen LogP) is 1.89. The standard InChI is InChI=1S/C9H10FOS/c1-2-12(11)7-8-4-3-5-9(10)6-8/h3,5-6H,2,7H2,1H3. The largest absolute Gasteiger partial charge is 0.616 e. The van der Waals surface area contributed by atoms with Crippen molar-refractivity contribution in [3.63, 3.8) is 0 Å². The Hall–Kier alpha value is -0.540. The van der Waals surface area contributed by atoms with Gasteiger partial charge in [0.25, 0.3) is 0 Å². The minimum Gasteiger partial charge on any atom is -0.616 e. The van der Waals surface area contributed by atoms with Crippen molar-refractivity contribution < 1.29 is 8.94 Å². The zero-order chi connectivity index (χ0) is 8.97. The molecule has 0 N–H and O–H groups in total. The van der Waals surface area contributed by atoms with E-state index in [0.717, 1.165) is 0 Å². The van der Waals surface area contributed by atoms with E-state index in [-0.39, 0.29) is 5.82 Å². The molecule has 1 aromatic rings. The van der Waals surface area contributed by atoms with Crippen LogP contribution in [0.25, 0.3) is 0 Å². The van der Waals surface area contributed by atoms with Crippen LogP contribution in [0.1, 0.15) is 12.5 Å². The van der Waals surface area contributed by atoms with Crippen LogP contribution in [0.15, 0.2) is 18.2 Å². The second-order valence-corrected chi connectivity index (χ2v) is 4.15. The number of hydrogen-bond donors (Lipinski definition) is 0. The fraction of sp³-hybridized carbons (Fsp3) is 0.333. The Bertz CT molecular complexity index is 252. The summed E-state index contributed by atoms with van der Waals surface area (Å²) >= 11 is -0.884. The van der Waals surface area contributed by atoms with Gasteiger partial charge in [0.15, 0.2) is 0 Å². The highest BCUT2D eigenvalue weighted by molar-refractivity contribution is 7.90. The van der Waals surface area contributed by atoms with Crippen LogP contribution in [-0.2, 0) is 16.9 Å². The first-order chi connectivity index (χ1) is 5.72. The van der Waals surface area contributed by atoms with E-state index in [4.69, 9.17) is 0 Å². The number of rotatable bonds is 3. The molecule has 65 valence electrons. The number of halogens is 1. The molecule has 0 aromatic heterocycles. The van der Waals surface area contributed by atoms with E-state index in [9.17, 15) is 8.94 Å². The smallest absolute Gasteiger partial charge is 0.131 e. The molecular weight excluding hydrogens is 175 g/mol. The van der Waals surface area contributed by atoms with Gasteiger partial charge in [-0.3, -0.25) is 0 Å². The summed E-state index contributed by atoms with van der Waals surface area (Å²) in [6.45, 7) is 1.84. The lowest BCUT2D eigenvalue weighted by Crippen LogP contribution is -2.06. The zero-order valence-electron chi connectivity index (χ0n) is 6.84. The first-order valence-corrected chi connectivity index (χ1v) is 5.22. The Balaban J connectivity index is 2.63. The maximum absolute atomic E-state index is 12.6. The molecule has 0 fully saturated rings. The summed E-state index contributed by atoms with van der Waals surface area (Å²) in [5.41, 5.74) is 0.676. The molecule has 1 rings (SSSR count). The van der Waals surface area contributed by atoms with E-state index < -0.39 is 11.2 Å². The maximum Gasteiger partial charge on any atom is 0.131 e. The highest BCUT2D eigenvalue weighted by atomic mass is 32.2. The van der Waals surface area contributed by atoms with Crippen LogP contribution in [0.3, 0.4) is 0 Å².